The molecule has 0 bridgehead atoms. The fourth-order valence-corrected chi connectivity index (χ4v) is 6.43. The van der Waals surface area contributed by atoms with Crippen LogP contribution in [0.25, 0.3) is 0 Å². The van der Waals surface area contributed by atoms with E-state index in [-0.39, 0.29) is 24.3 Å². The molecule has 0 saturated carbocycles. The van der Waals surface area contributed by atoms with Gasteiger partial charge in [0.15, 0.2) is 0 Å². The molecule has 2 rings (SSSR count). The molecule has 0 aromatic carbocycles. The van der Waals surface area contributed by atoms with Crippen molar-refractivity contribution in [3.63, 3.8) is 0 Å². The smallest absolute Gasteiger partial charge is 0.218 e. The maximum absolute atomic E-state index is 12.3. The van der Waals surface area contributed by atoms with Crippen LogP contribution in [0.1, 0.15) is 25.7 Å². The zero-order chi connectivity index (χ0) is 13.4. The number of hydrogen-bond acceptors (Lipinski definition) is 5. The van der Waals surface area contributed by atoms with Crippen LogP contribution in [0.15, 0.2) is 0 Å². The maximum Gasteiger partial charge on any atom is 0.218 e. The maximum atomic E-state index is 12.3. The van der Waals surface area contributed by atoms with Crippen molar-refractivity contribution in [2.45, 2.75) is 37.0 Å². The zero-order valence-corrected chi connectivity index (χ0v) is 11.6. The van der Waals surface area contributed by atoms with Crippen molar-refractivity contribution in [2.75, 3.05) is 18.1 Å². The van der Waals surface area contributed by atoms with Crippen molar-refractivity contribution in [3.8, 4) is 6.07 Å². The van der Waals surface area contributed by atoms with Crippen LogP contribution in [-0.4, -0.2) is 50.5 Å². The number of rotatable bonds is 2. The lowest BCUT2D eigenvalue weighted by Crippen LogP contribution is -2.44. The lowest BCUT2D eigenvalue weighted by atomic mass is 10.2. The minimum Gasteiger partial charge on any atom is -0.229 e. The third-order valence-electron chi connectivity index (χ3n) is 3.60. The fraction of sp³-hybridized carbons (Fsp3) is 0.900. The average Bonchev–Trinajstić information content (AvgIpc) is 2.77. The molecule has 0 spiro atoms. The Morgan fingerprint density at radius 3 is 2.33 bits per heavy atom. The number of nitrogens with zero attached hydrogens (tertiary/aromatic N) is 2. The Labute approximate surface area is 108 Å². The van der Waals surface area contributed by atoms with Gasteiger partial charge in [-0.05, 0) is 25.7 Å². The molecule has 18 heavy (non-hydrogen) atoms. The highest BCUT2D eigenvalue weighted by Gasteiger charge is 2.41. The van der Waals surface area contributed by atoms with Crippen molar-refractivity contribution < 1.29 is 16.8 Å². The summed E-state index contributed by atoms with van der Waals surface area (Å²) in [5.41, 5.74) is 0. The highest BCUT2D eigenvalue weighted by atomic mass is 32.2. The summed E-state index contributed by atoms with van der Waals surface area (Å²) in [6.07, 6.45) is 1.57. The van der Waals surface area contributed by atoms with E-state index in [0.717, 1.165) is 0 Å². The third kappa shape index (κ3) is 2.53. The van der Waals surface area contributed by atoms with E-state index < -0.39 is 31.2 Å². The predicted molar refractivity (Wildman–Crippen MR) is 65.9 cm³/mol. The Balaban J connectivity index is 2.15. The van der Waals surface area contributed by atoms with Gasteiger partial charge in [-0.2, -0.15) is 9.57 Å². The molecule has 0 aromatic heterocycles. The molecule has 1 atom stereocenters. The Morgan fingerprint density at radius 2 is 1.78 bits per heavy atom. The lowest BCUT2D eigenvalue weighted by Gasteiger charge is -2.28. The highest BCUT2D eigenvalue weighted by Crippen LogP contribution is 2.28. The molecular weight excluding hydrogens is 276 g/mol. The van der Waals surface area contributed by atoms with E-state index >= 15 is 0 Å². The van der Waals surface area contributed by atoms with E-state index in [1.165, 1.54) is 4.31 Å². The van der Waals surface area contributed by atoms with Crippen molar-refractivity contribution >= 4 is 19.9 Å². The van der Waals surface area contributed by atoms with Crippen molar-refractivity contribution in [3.05, 3.63) is 0 Å². The Morgan fingerprint density at radius 1 is 1.17 bits per heavy atom. The fourth-order valence-electron chi connectivity index (χ4n) is 2.53. The molecule has 2 heterocycles. The first-order valence-electron chi connectivity index (χ1n) is 5.97. The first kappa shape index (κ1) is 13.8. The van der Waals surface area contributed by atoms with Gasteiger partial charge in [0.1, 0.15) is 15.9 Å². The summed E-state index contributed by atoms with van der Waals surface area (Å²) in [6.45, 7) is 0.379. The number of hydrogen-bond donors (Lipinski definition) is 0. The topological polar surface area (TPSA) is 95.3 Å². The van der Waals surface area contributed by atoms with Crippen LogP contribution < -0.4 is 0 Å². The first-order chi connectivity index (χ1) is 8.37. The van der Waals surface area contributed by atoms with Crippen LogP contribution in [0.3, 0.4) is 0 Å². The summed E-state index contributed by atoms with van der Waals surface area (Å²) < 4.78 is 48.6. The summed E-state index contributed by atoms with van der Waals surface area (Å²) >= 11 is 0. The molecule has 0 radical (unpaired) electrons. The molecule has 0 aromatic rings. The van der Waals surface area contributed by atoms with E-state index in [0.29, 0.717) is 19.4 Å². The molecule has 1 unspecified atom stereocenters. The lowest BCUT2D eigenvalue weighted by molar-refractivity contribution is 0.423. The van der Waals surface area contributed by atoms with Gasteiger partial charge < -0.3 is 0 Å². The largest absolute Gasteiger partial charge is 0.229 e. The minimum atomic E-state index is -3.53. The second kappa shape index (κ2) is 4.79. The van der Waals surface area contributed by atoms with Gasteiger partial charge in [0.25, 0.3) is 0 Å². The van der Waals surface area contributed by atoms with Gasteiger partial charge in [-0.1, -0.05) is 0 Å². The van der Waals surface area contributed by atoms with Crippen LogP contribution in [0.5, 0.6) is 0 Å². The quantitative estimate of drug-likeness (QED) is 0.707. The standard InChI is InChI=1S/C10H16N2O4S2/c11-8-9-2-1-5-12(9)18(15,16)10-3-6-17(13,14)7-4-10/h9-10H,1-7H2. The normalized spacial score (nSPS) is 30.1. The summed E-state index contributed by atoms with van der Waals surface area (Å²) in [4.78, 5) is 0. The molecule has 102 valence electrons. The number of nitriles is 1. The van der Waals surface area contributed by atoms with E-state index in [1.54, 1.807) is 0 Å². The van der Waals surface area contributed by atoms with E-state index in [4.69, 9.17) is 5.26 Å². The van der Waals surface area contributed by atoms with Gasteiger partial charge >= 0.3 is 0 Å². The van der Waals surface area contributed by atoms with Gasteiger partial charge in [0, 0.05) is 6.54 Å². The van der Waals surface area contributed by atoms with Crippen LogP contribution in [0.2, 0.25) is 0 Å². The van der Waals surface area contributed by atoms with Gasteiger partial charge in [-0.3, -0.25) is 0 Å². The SMILES string of the molecule is N#CC1CCCN1S(=O)(=O)C1CCS(=O)(=O)CC1. The summed E-state index contributed by atoms with van der Waals surface area (Å²) in [5.74, 6) is -0.135. The number of sulfonamides is 1. The second-order valence-electron chi connectivity index (χ2n) is 4.79. The van der Waals surface area contributed by atoms with Crippen molar-refractivity contribution in [2.24, 2.45) is 0 Å². The molecule has 8 heteroatoms. The van der Waals surface area contributed by atoms with Crippen LogP contribution in [-0.2, 0) is 19.9 Å². The summed E-state index contributed by atoms with van der Waals surface area (Å²) in [5, 5.41) is 8.29. The van der Waals surface area contributed by atoms with Gasteiger partial charge in [0.05, 0.1) is 22.8 Å². The van der Waals surface area contributed by atoms with Crippen molar-refractivity contribution in [1.82, 2.24) is 4.31 Å². The second-order valence-corrected chi connectivity index (χ2v) is 9.26. The average molecular weight is 292 g/mol. The molecule has 6 nitrogen and oxygen atoms in total. The molecular formula is C10H16N2O4S2. The highest BCUT2D eigenvalue weighted by molar-refractivity contribution is 7.92. The molecule has 2 aliphatic heterocycles. The van der Waals surface area contributed by atoms with Crippen molar-refractivity contribution in [1.29, 1.82) is 5.26 Å². The third-order valence-corrected chi connectivity index (χ3v) is 7.72. The predicted octanol–water partition coefficient (Wildman–Crippen LogP) is -0.119. The van der Waals surface area contributed by atoms with Crippen LogP contribution >= 0.6 is 0 Å². The Bertz CT molecular complexity index is 547. The minimum absolute atomic E-state index is 0.0675. The molecule has 2 aliphatic rings. The zero-order valence-electron chi connectivity index (χ0n) is 9.95. The van der Waals surface area contributed by atoms with Gasteiger partial charge in [-0.15, -0.1) is 0 Å². The molecule has 0 aliphatic carbocycles. The van der Waals surface area contributed by atoms with Gasteiger partial charge in [0.2, 0.25) is 10.0 Å². The Kier molecular flexibility index (Phi) is 3.67. The van der Waals surface area contributed by atoms with Crippen LogP contribution in [0.4, 0.5) is 0 Å². The number of sulfone groups is 1. The van der Waals surface area contributed by atoms with Crippen LogP contribution in [0, 0.1) is 11.3 Å². The molecule has 0 N–H and O–H groups in total. The monoisotopic (exact) mass is 292 g/mol. The molecule has 0 amide bonds. The first-order valence-corrected chi connectivity index (χ1v) is 9.30. The summed E-state index contributed by atoms with van der Waals surface area (Å²) in [7, 11) is -6.59. The van der Waals surface area contributed by atoms with Gasteiger partial charge in [-0.25, -0.2) is 16.8 Å². The Hall–Kier alpha value is -0.650. The summed E-state index contributed by atoms with van der Waals surface area (Å²) in [6, 6.07) is 1.43. The van der Waals surface area contributed by atoms with E-state index in [2.05, 4.69) is 0 Å². The molecule has 2 fully saturated rings. The molecule has 2 saturated heterocycles. The van der Waals surface area contributed by atoms with E-state index in [9.17, 15) is 16.8 Å². The van der Waals surface area contributed by atoms with E-state index in [1.807, 2.05) is 6.07 Å².